The number of aryl methyl sites for hydroxylation is 1. The molecule has 0 aliphatic carbocycles. The van der Waals surface area contributed by atoms with Crippen LogP contribution in [0.3, 0.4) is 0 Å². The number of β-amino-alcohol motifs (C(OH)–C–C–N with tert-alkyl or cyclic N) is 1. The predicted molar refractivity (Wildman–Crippen MR) is 147 cm³/mol. The standard InChI is InChI=1S/C28H33BrF2N6O/c29-23-4-7-27-22(16-23)8-11-36(27)10-3-1-2-9-34-12-14-35(15-13-34)18-28(38,19-37-21-32-20-33-37)25-6-5-24(30)17-26(25)31/h4-8,11,16-17,20-21,38H,1-3,9-10,12-15,18-19H2. The Morgan fingerprint density at radius 2 is 1.68 bits per heavy atom. The molecule has 0 spiro atoms. The zero-order valence-corrected chi connectivity index (χ0v) is 22.9. The van der Waals surface area contributed by atoms with Crippen LogP contribution in [0.4, 0.5) is 8.78 Å². The summed E-state index contributed by atoms with van der Waals surface area (Å²) in [5, 5.41) is 16.9. The number of hydrogen-bond donors (Lipinski definition) is 1. The highest BCUT2D eigenvalue weighted by atomic mass is 79.9. The number of aliphatic hydroxyl groups is 1. The third kappa shape index (κ3) is 6.48. The van der Waals surface area contributed by atoms with Gasteiger partial charge in [0.05, 0.1) is 6.54 Å². The van der Waals surface area contributed by atoms with Crippen LogP contribution in [0.15, 0.2) is 65.8 Å². The molecule has 1 saturated heterocycles. The number of unbranched alkanes of at least 4 members (excludes halogenated alkanes) is 2. The predicted octanol–water partition coefficient (Wildman–Crippen LogP) is 4.65. The Morgan fingerprint density at radius 1 is 0.895 bits per heavy atom. The maximum Gasteiger partial charge on any atom is 0.137 e. The van der Waals surface area contributed by atoms with Gasteiger partial charge in [0.1, 0.15) is 29.9 Å². The van der Waals surface area contributed by atoms with E-state index in [-0.39, 0.29) is 18.7 Å². The second kappa shape index (κ2) is 12.0. The van der Waals surface area contributed by atoms with Crippen molar-refractivity contribution in [3.05, 3.63) is 83.0 Å². The molecule has 0 amide bonds. The Bertz CT molecular complexity index is 1340. The van der Waals surface area contributed by atoms with Crippen LogP contribution in [0.5, 0.6) is 0 Å². The highest BCUT2D eigenvalue weighted by Gasteiger charge is 2.36. The fraction of sp³-hybridized carbons (Fsp3) is 0.429. The van der Waals surface area contributed by atoms with E-state index in [1.54, 1.807) is 0 Å². The molecule has 202 valence electrons. The van der Waals surface area contributed by atoms with Crippen LogP contribution in [-0.2, 0) is 18.7 Å². The summed E-state index contributed by atoms with van der Waals surface area (Å²) in [6.45, 7) is 5.65. The largest absolute Gasteiger partial charge is 0.382 e. The summed E-state index contributed by atoms with van der Waals surface area (Å²) in [7, 11) is 0. The lowest BCUT2D eigenvalue weighted by molar-refractivity contribution is -0.0319. The number of hydrogen-bond acceptors (Lipinski definition) is 5. The fourth-order valence-corrected chi connectivity index (χ4v) is 5.75. The number of benzene rings is 2. The van der Waals surface area contributed by atoms with Crippen LogP contribution in [0, 0.1) is 11.6 Å². The molecule has 0 saturated carbocycles. The lowest BCUT2D eigenvalue weighted by Gasteiger charge is -2.39. The van der Waals surface area contributed by atoms with Crippen molar-refractivity contribution in [3.63, 3.8) is 0 Å². The molecule has 10 heteroatoms. The molecule has 0 bridgehead atoms. The molecule has 7 nitrogen and oxygen atoms in total. The van der Waals surface area contributed by atoms with Gasteiger partial charge in [-0.3, -0.25) is 4.90 Å². The van der Waals surface area contributed by atoms with Crippen LogP contribution >= 0.6 is 15.9 Å². The molecule has 1 aliphatic heterocycles. The minimum absolute atomic E-state index is 0.0315. The number of fused-ring (bicyclic) bond motifs is 1. The van der Waals surface area contributed by atoms with Gasteiger partial charge in [0, 0.05) is 72.5 Å². The average molecular weight is 588 g/mol. The molecule has 1 unspecified atom stereocenters. The van der Waals surface area contributed by atoms with Gasteiger partial charge in [0.2, 0.25) is 0 Å². The first kappa shape index (κ1) is 26.9. The summed E-state index contributed by atoms with van der Waals surface area (Å²) >= 11 is 3.54. The lowest BCUT2D eigenvalue weighted by Crippen LogP contribution is -2.52. The molecule has 2 aromatic heterocycles. The maximum atomic E-state index is 14.7. The monoisotopic (exact) mass is 586 g/mol. The van der Waals surface area contributed by atoms with E-state index in [1.807, 2.05) is 0 Å². The quantitative estimate of drug-likeness (QED) is 0.259. The summed E-state index contributed by atoms with van der Waals surface area (Å²) in [5.74, 6) is -1.43. The number of piperazine rings is 1. The number of halogens is 3. The minimum Gasteiger partial charge on any atom is -0.382 e. The Morgan fingerprint density at radius 3 is 2.45 bits per heavy atom. The SMILES string of the molecule is OC(CN1CCN(CCCCCn2ccc3cc(Br)ccc32)CC1)(Cn1cncn1)c1ccc(F)cc1F. The first-order valence-electron chi connectivity index (χ1n) is 13.1. The molecule has 1 atom stereocenters. The normalized spacial score (nSPS) is 16.7. The van der Waals surface area contributed by atoms with Crippen molar-refractivity contribution >= 4 is 26.8 Å². The van der Waals surface area contributed by atoms with E-state index >= 15 is 0 Å². The van der Waals surface area contributed by atoms with E-state index in [0.717, 1.165) is 69.1 Å². The minimum atomic E-state index is -1.56. The van der Waals surface area contributed by atoms with Crippen molar-refractivity contribution < 1.29 is 13.9 Å². The van der Waals surface area contributed by atoms with Gasteiger partial charge in [-0.2, -0.15) is 5.10 Å². The van der Waals surface area contributed by atoms with Crippen LogP contribution in [0.25, 0.3) is 10.9 Å². The Hall–Kier alpha value is -2.66. The van der Waals surface area contributed by atoms with Crippen molar-refractivity contribution in [2.45, 2.75) is 38.0 Å². The topological polar surface area (TPSA) is 62.4 Å². The van der Waals surface area contributed by atoms with Crippen LogP contribution in [0.1, 0.15) is 24.8 Å². The molecular weight excluding hydrogens is 554 g/mol. The number of rotatable bonds is 11. The van der Waals surface area contributed by atoms with Crippen molar-refractivity contribution in [2.75, 3.05) is 39.3 Å². The van der Waals surface area contributed by atoms with Crippen molar-refractivity contribution in [1.29, 1.82) is 0 Å². The van der Waals surface area contributed by atoms with Gasteiger partial charge in [-0.15, -0.1) is 0 Å². The molecule has 38 heavy (non-hydrogen) atoms. The third-order valence-electron chi connectivity index (χ3n) is 7.38. The summed E-state index contributed by atoms with van der Waals surface area (Å²) in [4.78, 5) is 8.53. The molecule has 3 heterocycles. The molecule has 2 aromatic carbocycles. The smallest absolute Gasteiger partial charge is 0.137 e. The fourth-order valence-electron chi connectivity index (χ4n) is 5.37. The van der Waals surface area contributed by atoms with Gasteiger partial charge in [-0.25, -0.2) is 18.4 Å². The van der Waals surface area contributed by atoms with E-state index in [2.05, 4.69) is 70.8 Å². The number of aromatic nitrogens is 4. The average Bonchev–Trinajstić information content (AvgIpc) is 3.54. The van der Waals surface area contributed by atoms with Crippen molar-refractivity contribution in [3.8, 4) is 0 Å². The van der Waals surface area contributed by atoms with E-state index < -0.39 is 17.2 Å². The van der Waals surface area contributed by atoms with Crippen LogP contribution in [0.2, 0.25) is 0 Å². The van der Waals surface area contributed by atoms with Gasteiger partial charge < -0.3 is 14.6 Å². The van der Waals surface area contributed by atoms with E-state index in [1.165, 1.54) is 40.4 Å². The zero-order chi connectivity index (χ0) is 26.5. The first-order valence-corrected chi connectivity index (χ1v) is 13.9. The maximum absolute atomic E-state index is 14.7. The van der Waals surface area contributed by atoms with Gasteiger partial charge in [0.25, 0.3) is 0 Å². The van der Waals surface area contributed by atoms with Crippen LogP contribution < -0.4 is 0 Å². The van der Waals surface area contributed by atoms with Gasteiger partial charge in [-0.05, 0) is 49.7 Å². The van der Waals surface area contributed by atoms with Gasteiger partial charge in [-0.1, -0.05) is 28.4 Å². The van der Waals surface area contributed by atoms with Gasteiger partial charge in [0.15, 0.2) is 0 Å². The molecule has 5 rings (SSSR count). The summed E-state index contributed by atoms with van der Waals surface area (Å²) in [6.07, 6.45) is 8.47. The molecular formula is C28H33BrF2N6O. The summed E-state index contributed by atoms with van der Waals surface area (Å²) < 4.78 is 33.2. The Labute approximate surface area is 229 Å². The van der Waals surface area contributed by atoms with Crippen LogP contribution in [-0.4, -0.2) is 73.5 Å². The van der Waals surface area contributed by atoms with Crippen molar-refractivity contribution in [1.82, 2.24) is 29.1 Å². The second-order valence-electron chi connectivity index (χ2n) is 10.1. The van der Waals surface area contributed by atoms with E-state index in [4.69, 9.17) is 0 Å². The van der Waals surface area contributed by atoms with Gasteiger partial charge >= 0.3 is 0 Å². The lowest BCUT2D eigenvalue weighted by atomic mass is 9.92. The van der Waals surface area contributed by atoms with E-state index in [0.29, 0.717) is 0 Å². The zero-order valence-electron chi connectivity index (χ0n) is 21.3. The van der Waals surface area contributed by atoms with E-state index in [9.17, 15) is 13.9 Å². The first-order chi connectivity index (χ1) is 18.4. The molecule has 1 N–H and O–H groups in total. The number of nitrogens with zero attached hydrogens (tertiary/aromatic N) is 6. The molecule has 0 radical (unpaired) electrons. The summed E-state index contributed by atoms with van der Waals surface area (Å²) in [5.41, 5.74) is -0.222. The molecule has 1 fully saturated rings. The third-order valence-corrected chi connectivity index (χ3v) is 7.87. The highest BCUT2D eigenvalue weighted by Crippen LogP contribution is 2.28. The second-order valence-corrected chi connectivity index (χ2v) is 11.1. The molecule has 1 aliphatic rings. The van der Waals surface area contributed by atoms with Crippen molar-refractivity contribution in [2.24, 2.45) is 0 Å². The summed E-state index contributed by atoms with van der Waals surface area (Å²) in [6, 6.07) is 11.9. The Balaban J connectivity index is 1.09. The highest BCUT2D eigenvalue weighted by molar-refractivity contribution is 9.10. The Kier molecular flexibility index (Phi) is 8.52. The molecule has 4 aromatic rings.